The van der Waals surface area contributed by atoms with E-state index < -0.39 is 17.8 Å². The van der Waals surface area contributed by atoms with Gasteiger partial charge in [0.2, 0.25) is 11.9 Å². The molecule has 1 aliphatic carbocycles. The number of hydrogen-bond donors (Lipinski definition) is 3. The molecule has 28 heavy (non-hydrogen) atoms. The largest absolute Gasteiger partial charge is 0.416 e. The lowest BCUT2D eigenvalue weighted by Gasteiger charge is -2.20. The van der Waals surface area contributed by atoms with Crippen molar-refractivity contribution in [3.05, 3.63) is 59.7 Å². The number of amides is 1. The van der Waals surface area contributed by atoms with Crippen molar-refractivity contribution in [3.8, 4) is 0 Å². The number of nitrogens with zero attached hydrogens (tertiary/aromatic N) is 1. The first-order valence-corrected chi connectivity index (χ1v) is 9.06. The molecule has 0 saturated heterocycles. The van der Waals surface area contributed by atoms with Crippen molar-refractivity contribution in [3.63, 3.8) is 0 Å². The number of nitrogens with one attached hydrogen (secondary N) is 3. The van der Waals surface area contributed by atoms with Gasteiger partial charge in [0, 0.05) is 12.5 Å². The molecule has 1 heterocycles. The van der Waals surface area contributed by atoms with E-state index in [0.29, 0.717) is 11.5 Å². The maximum atomic E-state index is 13.1. The zero-order chi connectivity index (χ0) is 19.7. The number of anilines is 1. The lowest BCUT2D eigenvalue weighted by molar-refractivity contribution is -0.137. The highest BCUT2D eigenvalue weighted by Crippen LogP contribution is 2.32. The number of halogens is 3. The first-order chi connectivity index (χ1) is 13.4. The third-order valence-electron chi connectivity index (χ3n) is 4.75. The van der Waals surface area contributed by atoms with Crippen LogP contribution in [0.1, 0.15) is 30.0 Å². The number of benzene rings is 2. The summed E-state index contributed by atoms with van der Waals surface area (Å²) in [6.07, 6.45) is -2.72. The first-order valence-electron chi connectivity index (χ1n) is 9.06. The molecule has 1 aromatic heterocycles. The summed E-state index contributed by atoms with van der Waals surface area (Å²) in [4.78, 5) is 19.5. The second kappa shape index (κ2) is 7.18. The molecule has 0 aliphatic heterocycles. The lowest BCUT2D eigenvalue weighted by Crippen LogP contribution is -2.32. The molecular formula is C20H19F3N4O. The molecule has 4 rings (SSSR count). The lowest BCUT2D eigenvalue weighted by atomic mass is 10.0. The van der Waals surface area contributed by atoms with E-state index in [9.17, 15) is 18.0 Å². The van der Waals surface area contributed by atoms with E-state index in [1.54, 1.807) is 6.07 Å². The molecule has 1 amide bonds. The van der Waals surface area contributed by atoms with Gasteiger partial charge in [-0.3, -0.25) is 4.79 Å². The van der Waals surface area contributed by atoms with Crippen molar-refractivity contribution in [2.75, 3.05) is 11.9 Å². The van der Waals surface area contributed by atoms with Gasteiger partial charge in [-0.25, -0.2) is 4.98 Å². The molecule has 1 fully saturated rings. The summed E-state index contributed by atoms with van der Waals surface area (Å²) in [5, 5.41) is 5.96. The van der Waals surface area contributed by atoms with Crippen LogP contribution in [0.15, 0.2) is 48.5 Å². The van der Waals surface area contributed by atoms with Crippen LogP contribution in [0.25, 0.3) is 11.0 Å². The van der Waals surface area contributed by atoms with Crippen molar-refractivity contribution in [2.45, 2.75) is 25.1 Å². The predicted molar refractivity (Wildman–Crippen MR) is 99.6 cm³/mol. The maximum absolute atomic E-state index is 13.1. The molecule has 8 heteroatoms. The average Bonchev–Trinajstić information content (AvgIpc) is 3.44. The molecular weight excluding hydrogens is 369 g/mol. The number of aromatic nitrogens is 2. The normalized spacial score (nSPS) is 15.4. The number of para-hydroxylation sites is 2. The van der Waals surface area contributed by atoms with Gasteiger partial charge in [-0.2, -0.15) is 13.2 Å². The van der Waals surface area contributed by atoms with Crippen LogP contribution in [0, 0.1) is 5.92 Å². The highest BCUT2D eigenvalue weighted by atomic mass is 19.4. The standard InChI is InChI=1S/C20H19F3N4O/c21-20(22,23)14-5-3-4-13(10-14)17(11-24-18(28)12-8-9-12)27-19-25-15-6-1-2-7-16(15)26-19/h1-7,10,12,17H,8-9,11H2,(H,24,28)(H2,25,26,27). The Kier molecular flexibility index (Phi) is 4.70. The smallest absolute Gasteiger partial charge is 0.353 e. The van der Waals surface area contributed by atoms with Crippen LogP contribution < -0.4 is 10.6 Å². The van der Waals surface area contributed by atoms with Crippen LogP contribution in [-0.4, -0.2) is 22.4 Å². The molecule has 146 valence electrons. The Hall–Kier alpha value is -3.03. The Morgan fingerprint density at radius 3 is 2.68 bits per heavy atom. The summed E-state index contributed by atoms with van der Waals surface area (Å²) in [5.41, 5.74) is 1.26. The minimum atomic E-state index is -4.43. The van der Waals surface area contributed by atoms with Gasteiger partial charge in [0.25, 0.3) is 0 Å². The fourth-order valence-electron chi connectivity index (χ4n) is 3.06. The van der Waals surface area contributed by atoms with E-state index in [1.807, 2.05) is 24.3 Å². The predicted octanol–water partition coefficient (Wildman–Crippen LogP) is 4.26. The minimum absolute atomic E-state index is 0.0216. The van der Waals surface area contributed by atoms with Gasteiger partial charge >= 0.3 is 6.18 Å². The highest BCUT2D eigenvalue weighted by Gasteiger charge is 2.32. The third kappa shape index (κ3) is 4.11. The fourth-order valence-corrected chi connectivity index (χ4v) is 3.06. The molecule has 1 atom stereocenters. The number of aromatic amines is 1. The third-order valence-corrected chi connectivity index (χ3v) is 4.75. The van der Waals surface area contributed by atoms with Crippen LogP contribution in [0.4, 0.5) is 19.1 Å². The van der Waals surface area contributed by atoms with Crippen molar-refractivity contribution < 1.29 is 18.0 Å². The monoisotopic (exact) mass is 388 g/mol. The van der Waals surface area contributed by atoms with Gasteiger partial charge in [-0.1, -0.05) is 24.3 Å². The number of fused-ring (bicyclic) bond motifs is 1. The number of carbonyl (C=O) groups is 1. The summed E-state index contributed by atoms with van der Waals surface area (Å²) in [6, 6.07) is 12.0. The first kappa shape index (κ1) is 18.3. The SMILES string of the molecule is O=C(NCC(Nc1nc2ccccc2[nH]1)c1cccc(C(F)(F)F)c1)C1CC1. The summed E-state index contributed by atoms with van der Waals surface area (Å²) in [7, 11) is 0. The summed E-state index contributed by atoms with van der Waals surface area (Å²) < 4.78 is 39.4. The van der Waals surface area contributed by atoms with E-state index in [4.69, 9.17) is 0 Å². The van der Waals surface area contributed by atoms with Crippen LogP contribution in [0.2, 0.25) is 0 Å². The Balaban J connectivity index is 1.60. The van der Waals surface area contributed by atoms with Crippen LogP contribution in [0.5, 0.6) is 0 Å². The molecule has 0 spiro atoms. The van der Waals surface area contributed by atoms with E-state index >= 15 is 0 Å². The van der Waals surface area contributed by atoms with Crippen molar-refractivity contribution in [2.24, 2.45) is 5.92 Å². The van der Waals surface area contributed by atoms with Crippen LogP contribution >= 0.6 is 0 Å². The van der Waals surface area contributed by atoms with Crippen molar-refractivity contribution >= 4 is 22.9 Å². The Morgan fingerprint density at radius 1 is 1.18 bits per heavy atom. The Labute approximate surface area is 159 Å². The average molecular weight is 388 g/mol. The molecule has 2 aromatic carbocycles. The van der Waals surface area contributed by atoms with E-state index in [0.717, 1.165) is 36.0 Å². The number of hydrogen-bond acceptors (Lipinski definition) is 3. The molecule has 3 N–H and O–H groups in total. The number of carbonyl (C=O) groups excluding carboxylic acids is 1. The second-order valence-electron chi connectivity index (χ2n) is 6.94. The van der Waals surface area contributed by atoms with Crippen LogP contribution in [-0.2, 0) is 11.0 Å². The second-order valence-corrected chi connectivity index (χ2v) is 6.94. The highest BCUT2D eigenvalue weighted by molar-refractivity contribution is 5.81. The van der Waals surface area contributed by atoms with Crippen LogP contribution in [0.3, 0.4) is 0 Å². The number of alkyl halides is 3. The fraction of sp³-hybridized carbons (Fsp3) is 0.300. The molecule has 1 saturated carbocycles. The van der Waals surface area contributed by atoms with E-state index in [2.05, 4.69) is 20.6 Å². The molecule has 1 aliphatic rings. The van der Waals surface area contributed by atoms with Gasteiger partial charge < -0.3 is 15.6 Å². The number of rotatable bonds is 6. The van der Waals surface area contributed by atoms with Crippen molar-refractivity contribution in [1.29, 1.82) is 0 Å². The Morgan fingerprint density at radius 2 is 1.96 bits per heavy atom. The number of H-pyrrole nitrogens is 1. The van der Waals surface area contributed by atoms with Gasteiger partial charge in [-0.15, -0.1) is 0 Å². The van der Waals surface area contributed by atoms with Gasteiger partial charge in [0.05, 0.1) is 22.6 Å². The van der Waals surface area contributed by atoms with Crippen molar-refractivity contribution in [1.82, 2.24) is 15.3 Å². The summed E-state index contributed by atoms with van der Waals surface area (Å²) >= 11 is 0. The topological polar surface area (TPSA) is 69.8 Å². The number of imidazole rings is 1. The summed E-state index contributed by atoms with van der Waals surface area (Å²) in [5.74, 6) is 0.390. The van der Waals surface area contributed by atoms with E-state index in [1.165, 1.54) is 6.07 Å². The molecule has 1 unspecified atom stereocenters. The van der Waals surface area contributed by atoms with E-state index in [-0.39, 0.29) is 18.4 Å². The zero-order valence-electron chi connectivity index (χ0n) is 14.9. The van der Waals surface area contributed by atoms with Gasteiger partial charge in [-0.05, 0) is 42.7 Å². The molecule has 0 radical (unpaired) electrons. The molecule has 3 aromatic rings. The maximum Gasteiger partial charge on any atom is 0.416 e. The minimum Gasteiger partial charge on any atom is -0.353 e. The molecule has 5 nitrogen and oxygen atoms in total. The van der Waals surface area contributed by atoms with Gasteiger partial charge in [0.1, 0.15) is 0 Å². The summed E-state index contributed by atoms with van der Waals surface area (Å²) in [6.45, 7) is 0.160. The quantitative estimate of drug-likeness (QED) is 0.591. The Bertz CT molecular complexity index is 961. The molecule has 0 bridgehead atoms. The zero-order valence-corrected chi connectivity index (χ0v) is 14.9. The van der Waals surface area contributed by atoms with Gasteiger partial charge in [0.15, 0.2) is 0 Å².